The van der Waals surface area contributed by atoms with Crippen LogP contribution >= 0.6 is 0 Å². The van der Waals surface area contributed by atoms with Crippen LogP contribution in [0.3, 0.4) is 0 Å². The van der Waals surface area contributed by atoms with E-state index in [9.17, 15) is 0 Å². The summed E-state index contributed by atoms with van der Waals surface area (Å²) in [4.78, 5) is 17.4. The Morgan fingerprint density at radius 3 is 0.961 bits per heavy atom. The fraction of sp³-hybridized carbons (Fsp3) is 0.375. The minimum atomic E-state index is 0.101. The van der Waals surface area contributed by atoms with E-state index in [4.69, 9.17) is 41.9 Å². The number of amidine groups is 4. The number of hydrogen-bond acceptors (Lipinski definition) is 8. The molecule has 0 fully saturated rings. The van der Waals surface area contributed by atoms with Gasteiger partial charge in [-0.3, -0.25) is 20.0 Å². The van der Waals surface area contributed by atoms with Crippen molar-refractivity contribution in [3.05, 3.63) is 191 Å². The van der Waals surface area contributed by atoms with E-state index in [1.807, 2.05) is 139 Å². The van der Waals surface area contributed by atoms with Crippen molar-refractivity contribution in [1.29, 1.82) is 0 Å². The number of hydrogen-bond donors (Lipinski definition) is 4. The van der Waals surface area contributed by atoms with Gasteiger partial charge in [-0.15, -0.1) is 0 Å². The Bertz CT molecular complexity index is 2550. The van der Waals surface area contributed by atoms with Gasteiger partial charge < -0.3 is 41.9 Å². The van der Waals surface area contributed by atoms with E-state index >= 15 is 0 Å². The second-order valence-electron chi connectivity index (χ2n) is 19.7. The first-order chi connectivity index (χ1) is 36.6. The van der Waals surface area contributed by atoms with E-state index in [1.165, 1.54) is 36.8 Å². The van der Waals surface area contributed by atoms with Gasteiger partial charge in [0.25, 0.3) is 0 Å². The average Bonchev–Trinajstić information content (AvgIpc) is 3.41. The third-order valence-electron chi connectivity index (χ3n) is 11.3. The molecule has 0 aliphatic rings. The molecule has 0 atom stereocenters. The maximum Gasteiger partial charge on any atom is 0.230 e. The zero-order valence-corrected chi connectivity index (χ0v) is 46.5. The number of rotatable bonds is 27. The number of aryl methyl sites for hydroxylation is 2. The second kappa shape index (κ2) is 34.8. The van der Waals surface area contributed by atoms with Crippen LogP contribution in [0.4, 0.5) is 0 Å². The Morgan fingerprint density at radius 2 is 0.658 bits per heavy atom. The molecule has 6 aromatic carbocycles. The summed E-state index contributed by atoms with van der Waals surface area (Å²) < 4.78 is 22.8. The van der Waals surface area contributed by atoms with E-state index in [0.717, 1.165) is 79.2 Å². The molecule has 0 saturated heterocycles. The number of nitrogens with two attached hydrogens (primary N) is 4. The number of unbranched alkanes of at least 4 members (excludes halogenated alkanes) is 4. The largest absolute Gasteiger partial charge is 0.494 e. The van der Waals surface area contributed by atoms with Gasteiger partial charge in [-0.25, -0.2) is 0 Å². The van der Waals surface area contributed by atoms with Crippen molar-refractivity contribution in [2.24, 2.45) is 48.8 Å². The molecule has 6 aromatic rings. The molecule has 0 aliphatic heterocycles. The smallest absolute Gasteiger partial charge is 0.230 e. The first-order valence-electron chi connectivity index (χ1n) is 27.0. The van der Waals surface area contributed by atoms with E-state index in [2.05, 4.69) is 94.5 Å². The highest BCUT2D eigenvalue weighted by atomic mass is 16.7. The summed E-state index contributed by atoms with van der Waals surface area (Å²) in [5.74, 6) is 5.91. The average molecular weight is 1030 g/mol. The molecule has 0 saturated carbocycles. The van der Waals surface area contributed by atoms with Crippen LogP contribution in [0, 0.1) is 5.92 Å². The monoisotopic (exact) mass is 1030 g/mol. The lowest BCUT2D eigenvalue weighted by atomic mass is 10.1. The van der Waals surface area contributed by atoms with Crippen molar-refractivity contribution in [1.82, 2.24) is 0 Å². The van der Waals surface area contributed by atoms with Gasteiger partial charge in [0.1, 0.15) is 46.3 Å². The van der Waals surface area contributed by atoms with Gasteiger partial charge in [0.15, 0.2) is 0 Å². The predicted molar refractivity (Wildman–Crippen MR) is 319 cm³/mol. The lowest BCUT2D eigenvalue weighted by molar-refractivity contribution is 0.120. The number of ether oxygens (including phenoxy) is 4. The summed E-state index contributed by atoms with van der Waals surface area (Å²) >= 11 is 0. The fourth-order valence-electron chi connectivity index (χ4n) is 7.37. The van der Waals surface area contributed by atoms with Gasteiger partial charge in [-0.2, -0.15) is 0 Å². The quantitative estimate of drug-likeness (QED) is 0.0170. The Labute approximate surface area is 454 Å². The molecule has 0 bridgehead atoms. The van der Waals surface area contributed by atoms with Gasteiger partial charge >= 0.3 is 0 Å². The summed E-state index contributed by atoms with van der Waals surface area (Å²) in [5.41, 5.74) is 30.3. The Kier molecular flexibility index (Phi) is 27.9. The molecule has 406 valence electrons. The van der Waals surface area contributed by atoms with Crippen LogP contribution in [0.2, 0.25) is 0 Å². The van der Waals surface area contributed by atoms with Crippen molar-refractivity contribution in [3.63, 3.8) is 0 Å². The fourth-order valence-corrected chi connectivity index (χ4v) is 7.37. The van der Waals surface area contributed by atoms with Crippen LogP contribution in [-0.2, 0) is 12.8 Å². The lowest BCUT2D eigenvalue weighted by Gasteiger charge is -2.10. The standard InChI is InChI=1S/C22H30N2O.C21H28N4O2.C21H28N2O/c1-18(2)17-24-22(23)20-12-14-21(15-13-20)25-16-8-4-7-11-19-9-5-3-6-10-19;1-14(2)24-20(22)16-5-9-18(10-6-16)26-13-27-19-11-7-17(8-12-19)21(23)25-15(3)4;1-17(2)23-21(22)19-12-14-20(15-13-19)24-16-8-4-7-11-18-9-5-3-6-10-18/h3,5-6,9-10,12-15,18H,4,7-8,11,16-17H2,1-2H3,(H2,23,24);5-12,14-15H,13H2,1-4H3,(H2,22,24)(H2,23,25);3,5-6,9-10,12-15,17H,4,7-8,11,16H2,1-2H3,(H2,22,23). The molecule has 0 aromatic heterocycles. The topological polar surface area (TPSA) is 190 Å². The predicted octanol–water partition coefficient (Wildman–Crippen LogP) is 12.8. The zero-order chi connectivity index (χ0) is 54.9. The third kappa shape index (κ3) is 25.6. The molecule has 0 aliphatic carbocycles. The van der Waals surface area contributed by atoms with Gasteiger partial charge in [0.05, 0.1) is 13.2 Å². The summed E-state index contributed by atoms with van der Waals surface area (Å²) in [5, 5.41) is 0. The molecule has 0 unspecified atom stereocenters. The van der Waals surface area contributed by atoms with Crippen molar-refractivity contribution in [3.8, 4) is 23.0 Å². The zero-order valence-electron chi connectivity index (χ0n) is 46.5. The highest BCUT2D eigenvalue weighted by molar-refractivity contribution is 5.99. The Morgan fingerprint density at radius 1 is 0.355 bits per heavy atom. The molecule has 0 heterocycles. The molecule has 76 heavy (non-hydrogen) atoms. The lowest BCUT2D eigenvalue weighted by Crippen LogP contribution is -2.15. The minimum Gasteiger partial charge on any atom is -0.494 e. The maximum atomic E-state index is 6.01. The molecule has 8 N–H and O–H groups in total. The van der Waals surface area contributed by atoms with Gasteiger partial charge in [-0.05, 0) is 207 Å². The molecular formula is C64H86N8O4. The minimum absolute atomic E-state index is 0.101. The molecule has 0 radical (unpaired) electrons. The van der Waals surface area contributed by atoms with Crippen LogP contribution in [0.25, 0.3) is 0 Å². The van der Waals surface area contributed by atoms with Crippen LogP contribution in [0.15, 0.2) is 178 Å². The van der Waals surface area contributed by atoms with Crippen LogP contribution in [-0.4, -0.2) is 68.0 Å². The maximum absolute atomic E-state index is 6.01. The second-order valence-corrected chi connectivity index (χ2v) is 19.7. The van der Waals surface area contributed by atoms with Crippen molar-refractivity contribution in [2.45, 2.75) is 125 Å². The number of benzene rings is 6. The molecule has 12 nitrogen and oxygen atoms in total. The van der Waals surface area contributed by atoms with E-state index in [-0.39, 0.29) is 24.9 Å². The first-order valence-corrected chi connectivity index (χ1v) is 27.0. The highest BCUT2D eigenvalue weighted by Crippen LogP contribution is 2.18. The molecule has 6 rings (SSSR count). The summed E-state index contributed by atoms with van der Waals surface area (Å²) in [6, 6.07) is 52.4. The van der Waals surface area contributed by atoms with Gasteiger partial charge in [-0.1, -0.05) is 74.5 Å². The van der Waals surface area contributed by atoms with Crippen LogP contribution < -0.4 is 41.9 Å². The summed E-state index contributed by atoms with van der Waals surface area (Å²) in [6.07, 6.45) is 9.21. The normalized spacial score (nSPS) is 12.0. The highest BCUT2D eigenvalue weighted by Gasteiger charge is 2.06. The van der Waals surface area contributed by atoms with E-state index in [0.29, 0.717) is 40.8 Å². The number of aliphatic imine (C=N–C) groups is 4. The molecule has 0 spiro atoms. The van der Waals surface area contributed by atoms with Crippen molar-refractivity contribution < 1.29 is 18.9 Å². The van der Waals surface area contributed by atoms with Gasteiger partial charge in [0, 0.05) is 46.9 Å². The van der Waals surface area contributed by atoms with Crippen LogP contribution in [0.1, 0.15) is 127 Å². The Balaban J connectivity index is 0.000000247. The molecular weight excluding hydrogens is 945 g/mol. The van der Waals surface area contributed by atoms with Crippen molar-refractivity contribution >= 4 is 23.3 Å². The van der Waals surface area contributed by atoms with Crippen molar-refractivity contribution in [2.75, 3.05) is 26.6 Å². The number of nitrogens with zero attached hydrogens (tertiary/aromatic N) is 4. The van der Waals surface area contributed by atoms with E-state index < -0.39 is 0 Å². The van der Waals surface area contributed by atoms with E-state index in [1.54, 1.807) is 0 Å². The molecule has 12 heteroatoms. The van der Waals surface area contributed by atoms with Gasteiger partial charge in [0.2, 0.25) is 6.79 Å². The first kappa shape index (κ1) is 61.0. The SMILES string of the molecule is CC(C)CN=C(N)c1ccc(OCCCCCc2ccccc2)cc1.CC(C)N=C(N)c1ccc(OCCCCCc2ccccc2)cc1.CC(C)N=C(N)c1ccc(OCOc2ccc(C(N)=NC(C)C)cc2)cc1. The summed E-state index contributed by atoms with van der Waals surface area (Å²) in [7, 11) is 0. The molecule has 0 amide bonds. The third-order valence-corrected chi connectivity index (χ3v) is 11.3. The van der Waals surface area contributed by atoms with Crippen LogP contribution in [0.5, 0.6) is 23.0 Å². The Hall–Kier alpha value is -7.60. The summed E-state index contributed by atoms with van der Waals surface area (Å²) in [6.45, 7) is 18.6.